The first-order valence-corrected chi connectivity index (χ1v) is 9.09. The maximum Gasteiger partial charge on any atom is 0.217 e. The maximum absolute atomic E-state index is 12.6. The summed E-state index contributed by atoms with van der Waals surface area (Å²) in [7, 11) is 4.68. The number of benzene rings is 1. The highest BCUT2D eigenvalue weighted by Gasteiger charge is 2.26. The molecule has 7 heteroatoms. The molecule has 0 spiro atoms. The Morgan fingerprint density at radius 1 is 1.12 bits per heavy atom. The molecule has 0 fully saturated rings. The lowest BCUT2D eigenvalue weighted by Gasteiger charge is -2.22. The normalized spacial score (nSPS) is 12.9. The van der Waals surface area contributed by atoms with Crippen LogP contribution in [0.15, 0.2) is 12.1 Å². The number of methoxy groups -OCH3 is 3. The molecule has 0 aliphatic rings. The number of rotatable bonds is 9. The highest BCUT2D eigenvalue weighted by molar-refractivity contribution is 8.13. The second-order valence-corrected chi connectivity index (χ2v) is 6.66. The number of carbonyl (C=O) groups excluding carboxylic acids is 2. The summed E-state index contributed by atoms with van der Waals surface area (Å²) in [6.45, 7) is 5.36. The average molecular weight is 369 g/mol. The van der Waals surface area contributed by atoms with Crippen molar-refractivity contribution >= 4 is 22.8 Å². The van der Waals surface area contributed by atoms with Gasteiger partial charge in [-0.1, -0.05) is 32.0 Å². The van der Waals surface area contributed by atoms with Gasteiger partial charge in [-0.2, -0.15) is 0 Å². The van der Waals surface area contributed by atoms with Crippen molar-refractivity contribution in [2.24, 2.45) is 5.92 Å². The van der Waals surface area contributed by atoms with Gasteiger partial charge in [0.15, 0.2) is 0 Å². The first kappa shape index (κ1) is 21.2. The molecule has 0 aliphatic carbocycles. The molecule has 0 aliphatic heterocycles. The molecule has 2 atom stereocenters. The van der Waals surface area contributed by atoms with Crippen molar-refractivity contribution in [2.45, 2.75) is 39.0 Å². The van der Waals surface area contributed by atoms with E-state index in [2.05, 4.69) is 5.32 Å². The number of nitrogens with one attached hydrogen (secondary N) is 1. The van der Waals surface area contributed by atoms with E-state index in [0.717, 1.165) is 23.7 Å². The van der Waals surface area contributed by atoms with E-state index in [1.165, 1.54) is 6.92 Å². The largest absolute Gasteiger partial charge is 0.496 e. The fourth-order valence-electron chi connectivity index (χ4n) is 2.34. The average Bonchev–Trinajstić information content (AvgIpc) is 2.62. The summed E-state index contributed by atoms with van der Waals surface area (Å²) in [5.41, 5.74) is 0.773. The minimum atomic E-state index is -0.511. The smallest absolute Gasteiger partial charge is 0.217 e. The molecule has 0 heterocycles. The monoisotopic (exact) mass is 369 g/mol. The fraction of sp³-hybridized carbons (Fsp3) is 0.556. The first-order valence-electron chi connectivity index (χ1n) is 8.10. The standard InChI is InChI=1S/C18H27NO5S/c1-7-11(2)17(19-12(3)20)18(21)25-10-14-15(23-5)8-13(22-4)9-16(14)24-6/h8-9,11,17H,7,10H2,1-6H3,(H,19,20). The molecule has 0 saturated carbocycles. The van der Waals surface area contributed by atoms with Crippen LogP contribution in [-0.4, -0.2) is 38.4 Å². The van der Waals surface area contributed by atoms with E-state index in [0.29, 0.717) is 23.0 Å². The summed E-state index contributed by atoms with van der Waals surface area (Å²) in [6, 6.07) is 2.99. The number of hydrogen-bond donors (Lipinski definition) is 1. The van der Waals surface area contributed by atoms with E-state index < -0.39 is 6.04 Å². The van der Waals surface area contributed by atoms with Gasteiger partial charge in [-0.3, -0.25) is 9.59 Å². The molecular formula is C18H27NO5S. The molecule has 140 valence electrons. The first-order chi connectivity index (χ1) is 11.9. The quantitative estimate of drug-likeness (QED) is 0.721. The van der Waals surface area contributed by atoms with Gasteiger partial charge in [0.1, 0.15) is 23.3 Å². The zero-order valence-corrected chi connectivity index (χ0v) is 16.5. The van der Waals surface area contributed by atoms with Crippen LogP contribution in [-0.2, 0) is 15.3 Å². The minimum Gasteiger partial charge on any atom is -0.496 e. The van der Waals surface area contributed by atoms with Crippen LogP contribution in [0.2, 0.25) is 0 Å². The van der Waals surface area contributed by atoms with Crippen LogP contribution < -0.4 is 19.5 Å². The third-order valence-electron chi connectivity index (χ3n) is 4.00. The molecule has 1 aromatic rings. The Bertz CT molecular complexity index is 580. The number of thioether (sulfide) groups is 1. The van der Waals surface area contributed by atoms with Gasteiger partial charge in [0.25, 0.3) is 0 Å². The Kier molecular flexibility index (Phi) is 8.61. The Balaban J connectivity index is 2.98. The van der Waals surface area contributed by atoms with Crippen molar-refractivity contribution < 1.29 is 23.8 Å². The molecule has 1 amide bonds. The third-order valence-corrected chi connectivity index (χ3v) is 4.97. The summed E-state index contributed by atoms with van der Waals surface area (Å²) in [6.07, 6.45) is 0.798. The lowest BCUT2D eigenvalue weighted by Crippen LogP contribution is -2.43. The van der Waals surface area contributed by atoms with Crippen molar-refractivity contribution in [1.82, 2.24) is 5.32 Å². The Morgan fingerprint density at radius 2 is 1.68 bits per heavy atom. The summed E-state index contributed by atoms with van der Waals surface area (Å²) in [5, 5.41) is 2.67. The van der Waals surface area contributed by atoms with Gasteiger partial charge in [0, 0.05) is 30.4 Å². The molecule has 0 radical (unpaired) electrons. The maximum atomic E-state index is 12.6. The summed E-state index contributed by atoms with van der Waals surface area (Å²) in [5.74, 6) is 2.03. The highest BCUT2D eigenvalue weighted by atomic mass is 32.2. The van der Waals surface area contributed by atoms with Crippen LogP contribution in [0.3, 0.4) is 0 Å². The van der Waals surface area contributed by atoms with Crippen LogP contribution >= 0.6 is 11.8 Å². The minimum absolute atomic E-state index is 0.0589. The Labute approximate surface area is 153 Å². The van der Waals surface area contributed by atoms with E-state index in [9.17, 15) is 9.59 Å². The molecule has 0 aromatic heterocycles. The van der Waals surface area contributed by atoms with Crippen molar-refractivity contribution in [2.75, 3.05) is 21.3 Å². The molecule has 25 heavy (non-hydrogen) atoms. The van der Waals surface area contributed by atoms with Gasteiger partial charge >= 0.3 is 0 Å². The van der Waals surface area contributed by atoms with Gasteiger partial charge in [-0.05, 0) is 5.92 Å². The van der Waals surface area contributed by atoms with Gasteiger partial charge in [0.05, 0.1) is 21.3 Å². The van der Waals surface area contributed by atoms with E-state index in [1.54, 1.807) is 33.5 Å². The summed E-state index contributed by atoms with van der Waals surface area (Å²) in [4.78, 5) is 24.0. The van der Waals surface area contributed by atoms with Gasteiger partial charge in [-0.25, -0.2) is 0 Å². The topological polar surface area (TPSA) is 73.9 Å². The Morgan fingerprint density at radius 3 is 2.08 bits per heavy atom. The highest BCUT2D eigenvalue weighted by Crippen LogP contribution is 2.37. The van der Waals surface area contributed by atoms with Crippen molar-refractivity contribution in [3.05, 3.63) is 17.7 Å². The fourth-order valence-corrected chi connectivity index (χ4v) is 3.38. The van der Waals surface area contributed by atoms with Gasteiger partial charge in [0.2, 0.25) is 11.0 Å². The van der Waals surface area contributed by atoms with Crippen molar-refractivity contribution in [1.29, 1.82) is 0 Å². The van der Waals surface area contributed by atoms with E-state index >= 15 is 0 Å². The molecular weight excluding hydrogens is 342 g/mol. The zero-order chi connectivity index (χ0) is 19.0. The number of amides is 1. The summed E-state index contributed by atoms with van der Waals surface area (Å²) >= 11 is 1.14. The molecule has 1 N–H and O–H groups in total. The lowest BCUT2D eigenvalue weighted by molar-refractivity contribution is -0.123. The van der Waals surface area contributed by atoms with E-state index in [1.807, 2.05) is 13.8 Å². The molecule has 6 nitrogen and oxygen atoms in total. The van der Waals surface area contributed by atoms with Crippen LogP contribution in [0.4, 0.5) is 0 Å². The molecule has 1 rings (SSSR count). The van der Waals surface area contributed by atoms with Gasteiger partial charge < -0.3 is 19.5 Å². The number of carbonyl (C=O) groups is 2. The van der Waals surface area contributed by atoms with E-state index in [4.69, 9.17) is 14.2 Å². The summed E-state index contributed by atoms with van der Waals surface area (Å²) < 4.78 is 16.0. The van der Waals surface area contributed by atoms with E-state index in [-0.39, 0.29) is 16.9 Å². The third kappa shape index (κ3) is 5.85. The number of ether oxygens (including phenoxy) is 3. The molecule has 2 unspecified atom stereocenters. The molecule has 0 saturated heterocycles. The number of hydrogen-bond acceptors (Lipinski definition) is 6. The second kappa shape index (κ2) is 10.2. The van der Waals surface area contributed by atoms with Crippen LogP contribution in [0.25, 0.3) is 0 Å². The SMILES string of the molecule is CCC(C)C(NC(C)=O)C(=O)SCc1c(OC)cc(OC)cc1OC. The van der Waals surface area contributed by atoms with Crippen LogP contribution in [0.1, 0.15) is 32.8 Å². The predicted molar refractivity (Wildman–Crippen MR) is 99.5 cm³/mol. The Hall–Kier alpha value is -1.89. The van der Waals surface area contributed by atoms with Crippen LogP contribution in [0.5, 0.6) is 17.2 Å². The van der Waals surface area contributed by atoms with Crippen molar-refractivity contribution in [3.8, 4) is 17.2 Å². The zero-order valence-electron chi connectivity index (χ0n) is 15.7. The van der Waals surface area contributed by atoms with Crippen LogP contribution in [0, 0.1) is 5.92 Å². The van der Waals surface area contributed by atoms with Gasteiger partial charge in [-0.15, -0.1) is 0 Å². The van der Waals surface area contributed by atoms with Crippen molar-refractivity contribution in [3.63, 3.8) is 0 Å². The predicted octanol–water partition coefficient (Wildman–Crippen LogP) is 3.02. The molecule has 1 aromatic carbocycles. The lowest BCUT2D eigenvalue weighted by atomic mass is 10.0. The second-order valence-electron chi connectivity index (χ2n) is 5.68. The molecule has 0 bridgehead atoms.